The number of benzene rings is 1. The summed E-state index contributed by atoms with van der Waals surface area (Å²) < 4.78 is 5.29. The van der Waals surface area contributed by atoms with Gasteiger partial charge in [-0.15, -0.1) is 0 Å². The Balaban J connectivity index is 2.26. The van der Waals surface area contributed by atoms with Gasteiger partial charge in [0, 0.05) is 30.8 Å². The quantitative estimate of drug-likeness (QED) is 0.800. The van der Waals surface area contributed by atoms with Crippen molar-refractivity contribution in [2.24, 2.45) is 0 Å². The molecular formula is C14H19NO2. The third kappa shape index (κ3) is 2.78. The number of hydrogen-bond donors (Lipinski definition) is 0. The molecule has 1 aliphatic heterocycles. The number of ether oxygens (including phenoxy) is 1. The molecule has 1 fully saturated rings. The molecule has 0 aromatic heterocycles. The van der Waals surface area contributed by atoms with E-state index in [0.29, 0.717) is 6.42 Å². The molecule has 0 atom stereocenters. The lowest BCUT2D eigenvalue weighted by Crippen LogP contribution is -2.17. The number of Topliss-reactive ketones (excluding diaryl/α,β-unsaturated/α-hetero) is 1. The molecule has 1 aromatic rings. The molecule has 0 saturated carbocycles. The molecule has 0 amide bonds. The summed E-state index contributed by atoms with van der Waals surface area (Å²) in [5.74, 6) is 0.977. The van der Waals surface area contributed by atoms with Crippen molar-refractivity contribution in [1.82, 2.24) is 0 Å². The number of methoxy groups -OCH3 is 1. The fourth-order valence-electron chi connectivity index (χ4n) is 2.34. The average molecular weight is 233 g/mol. The highest BCUT2D eigenvalue weighted by molar-refractivity contribution is 5.79. The third-order valence-electron chi connectivity index (χ3n) is 3.17. The van der Waals surface area contributed by atoms with Gasteiger partial charge in [0.1, 0.15) is 11.5 Å². The number of hydrogen-bond acceptors (Lipinski definition) is 3. The van der Waals surface area contributed by atoms with Crippen LogP contribution in [0.2, 0.25) is 0 Å². The SMILES string of the molecule is COc1ccc(N2CCCC2)cc1CC(C)=O. The van der Waals surface area contributed by atoms with Crippen molar-refractivity contribution < 1.29 is 9.53 Å². The fourth-order valence-corrected chi connectivity index (χ4v) is 2.34. The number of anilines is 1. The summed E-state index contributed by atoms with van der Waals surface area (Å²) in [6.45, 7) is 3.85. The lowest BCUT2D eigenvalue weighted by molar-refractivity contribution is -0.116. The predicted molar refractivity (Wildman–Crippen MR) is 68.8 cm³/mol. The van der Waals surface area contributed by atoms with E-state index in [2.05, 4.69) is 17.0 Å². The standard InChI is InChI=1S/C14H19NO2/c1-11(16)9-12-10-13(5-6-14(12)17-2)15-7-3-4-8-15/h5-6,10H,3-4,7-9H2,1-2H3. The Kier molecular flexibility index (Phi) is 3.67. The van der Waals surface area contributed by atoms with E-state index in [1.165, 1.54) is 18.5 Å². The highest BCUT2D eigenvalue weighted by Crippen LogP contribution is 2.27. The number of carbonyl (C=O) groups is 1. The van der Waals surface area contributed by atoms with E-state index >= 15 is 0 Å². The summed E-state index contributed by atoms with van der Waals surface area (Å²) in [5.41, 5.74) is 2.20. The van der Waals surface area contributed by atoms with Crippen molar-refractivity contribution in [3.05, 3.63) is 23.8 Å². The van der Waals surface area contributed by atoms with Crippen LogP contribution in [0.15, 0.2) is 18.2 Å². The van der Waals surface area contributed by atoms with Crippen LogP contribution in [0, 0.1) is 0 Å². The first-order valence-electron chi connectivity index (χ1n) is 6.12. The van der Waals surface area contributed by atoms with Crippen LogP contribution in [0.5, 0.6) is 5.75 Å². The van der Waals surface area contributed by atoms with Gasteiger partial charge in [0.15, 0.2) is 0 Å². The first kappa shape index (κ1) is 12.0. The minimum absolute atomic E-state index is 0.168. The van der Waals surface area contributed by atoms with Crippen LogP contribution in [-0.4, -0.2) is 26.0 Å². The maximum absolute atomic E-state index is 11.2. The number of ketones is 1. The van der Waals surface area contributed by atoms with Crippen molar-refractivity contribution in [1.29, 1.82) is 0 Å². The van der Waals surface area contributed by atoms with Crippen LogP contribution in [0.1, 0.15) is 25.3 Å². The normalized spacial score (nSPS) is 15.1. The van der Waals surface area contributed by atoms with Gasteiger partial charge in [-0.25, -0.2) is 0 Å². The van der Waals surface area contributed by atoms with E-state index in [0.717, 1.165) is 24.4 Å². The van der Waals surface area contributed by atoms with Crippen LogP contribution in [-0.2, 0) is 11.2 Å². The monoisotopic (exact) mass is 233 g/mol. The van der Waals surface area contributed by atoms with E-state index < -0.39 is 0 Å². The van der Waals surface area contributed by atoms with Gasteiger partial charge in [-0.1, -0.05) is 0 Å². The second-order valence-electron chi connectivity index (χ2n) is 4.57. The van der Waals surface area contributed by atoms with Crippen LogP contribution in [0.3, 0.4) is 0 Å². The Morgan fingerprint density at radius 3 is 2.65 bits per heavy atom. The molecule has 92 valence electrons. The van der Waals surface area contributed by atoms with Crippen LogP contribution in [0.25, 0.3) is 0 Å². The summed E-state index contributed by atoms with van der Waals surface area (Å²) in [4.78, 5) is 13.6. The zero-order valence-electron chi connectivity index (χ0n) is 10.5. The number of nitrogens with zero attached hydrogens (tertiary/aromatic N) is 1. The average Bonchev–Trinajstić information content (AvgIpc) is 2.81. The molecule has 0 unspecified atom stereocenters. The topological polar surface area (TPSA) is 29.5 Å². The Hall–Kier alpha value is -1.51. The van der Waals surface area contributed by atoms with Crippen molar-refractivity contribution in [2.75, 3.05) is 25.1 Å². The van der Waals surface area contributed by atoms with Gasteiger partial charge in [0.25, 0.3) is 0 Å². The second kappa shape index (κ2) is 5.21. The Morgan fingerprint density at radius 2 is 2.06 bits per heavy atom. The second-order valence-corrected chi connectivity index (χ2v) is 4.57. The van der Waals surface area contributed by atoms with Gasteiger partial charge in [0.05, 0.1) is 7.11 Å². The third-order valence-corrected chi connectivity index (χ3v) is 3.17. The molecule has 0 radical (unpaired) electrons. The summed E-state index contributed by atoms with van der Waals surface area (Å²) in [7, 11) is 1.65. The van der Waals surface area contributed by atoms with Crippen molar-refractivity contribution in [3.63, 3.8) is 0 Å². The van der Waals surface area contributed by atoms with Crippen molar-refractivity contribution in [3.8, 4) is 5.75 Å². The lowest BCUT2D eigenvalue weighted by Gasteiger charge is -2.19. The van der Waals surface area contributed by atoms with Gasteiger partial charge in [0.2, 0.25) is 0 Å². The smallest absolute Gasteiger partial charge is 0.134 e. The van der Waals surface area contributed by atoms with E-state index in [4.69, 9.17) is 4.74 Å². The van der Waals surface area contributed by atoms with Gasteiger partial charge < -0.3 is 9.64 Å². The van der Waals surface area contributed by atoms with Gasteiger partial charge in [-0.05, 0) is 38.0 Å². The summed E-state index contributed by atoms with van der Waals surface area (Å²) in [6.07, 6.45) is 2.97. The largest absolute Gasteiger partial charge is 0.496 e. The van der Waals surface area contributed by atoms with E-state index in [1.807, 2.05) is 6.07 Å². The maximum atomic E-state index is 11.2. The Labute approximate surface area is 102 Å². The maximum Gasteiger partial charge on any atom is 0.134 e. The molecule has 3 heteroatoms. The van der Waals surface area contributed by atoms with E-state index in [1.54, 1.807) is 14.0 Å². The highest BCUT2D eigenvalue weighted by atomic mass is 16.5. The lowest BCUT2D eigenvalue weighted by atomic mass is 10.1. The van der Waals surface area contributed by atoms with Gasteiger partial charge in [-0.2, -0.15) is 0 Å². The molecule has 1 aromatic carbocycles. The minimum Gasteiger partial charge on any atom is -0.496 e. The van der Waals surface area contributed by atoms with Crippen LogP contribution < -0.4 is 9.64 Å². The molecule has 3 nitrogen and oxygen atoms in total. The van der Waals surface area contributed by atoms with Crippen molar-refractivity contribution in [2.45, 2.75) is 26.2 Å². The molecule has 0 spiro atoms. The molecule has 1 heterocycles. The molecule has 0 aliphatic carbocycles. The van der Waals surface area contributed by atoms with Crippen molar-refractivity contribution >= 4 is 11.5 Å². The Bertz CT molecular complexity index is 409. The molecule has 17 heavy (non-hydrogen) atoms. The summed E-state index contributed by atoms with van der Waals surface area (Å²) >= 11 is 0. The number of rotatable bonds is 4. The summed E-state index contributed by atoms with van der Waals surface area (Å²) in [5, 5.41) is 0. The summed E-state index contributed by atoms with van der Waals surface area (Å²) in [6, 6.07) is 6.13. The predicted octanol–water partition coefficient (Wildman–Crippen LogP) is 2.43. The van der Waals surface area contributed by atoms with E-state index in [-0.39, 0.29) is 5.78 Å². The molecule has 1 aliphatic rings. The minimum atomic E-state index is 0.168. The molecule has 0 N–H and O–H groups in total. The zero-order valence-corrected chi connectivity index (χ0v) is 10.5. The molecular weight excluding hydrogens is 214 g/mol. The van der Waals surface area contributed by atoms with Gasteiger partial charge >= 0.3 is 0 Å². The molecule has 0 bridgehead atoms. The first-order valence-corrected chi connectivity index (χ1v) is 6.12. The first-order chi connectivity index (χ1) is 8.20. The molecule has 2 rings (SSSR count). The Morgan fingerprint density at radius 1 is 1.35 bits per heavy atom. The zero-order chi connectivity index (χ0) is 12.3. The molecule has 1 saturated heterocycles. The van der Waals surface area contributed by atoms with Gasteiger partial charge in [-0.3, -0.25) is 4.79 Å². The highest BCUT2D eigenvalue weighted by Gasteiger charge is 2.14. The van der Waals surface area contributed by atoms with E-state index in [9.17, 15) is 4.79 Å². The van der Waals surface area contributed by atoms with Crippen LogP contribution >= 0.6 is 0 Å². The van der Waals surface area contributed by atoms with Crippen LogP contribution in [0.4, 0.5) is 5.69 Å². The fraction of sp³-hybridized carbons (Fsp3) is 0.500. The number of carbonyl (C=O) groups excluding carboxylic acids is 1.